The highest BCUT2D eigenvalue weighted by molar-refractivity contribution is 5.97. The summed E-state index contributed by atoms with van der Waals surface area (Å²) in [5, 5.41) is 13.0. The lowest BCUT2D eigenvalue weighted by atomic mass is 10.0. The molecule has 6 heteroatoms. The van der Waals surface area contributed by atoms with Gasteiger partial charge in [0.2, 0.25) is 0 Å². The summed E-state index contributed by atoms with van der Waals surface area (Å²) < 4.78 is 5.13. The average Bonchev–Trinajstić information content (AvgIpc) is 3.03. The number of hydrogen-bond acceptors (Lipinski definition) is 4. The first kappa shape index (κ1) is 16.8. The van der Waals surface area contributed by atoms with Crippen LogP contribution in [0.5, 0.6) is 11.5 Å². The Labute approximate surface area is 145 Å². The first-order chi connectivity index (χ1) is 12.0. The van der Waals surface area contributed by atoms with Gasteiger partial charge in [-0.15, -0.1) is 0 Å². The van der Waals surface area contributed by atoms with Crippen molar-refractivity contribution in [3.63, 3.8) is 0 Å². The number of benzene rings is 2. The van der Waals surface area contributed by atoms with Crippen molar-refractivity contribution in [3.05, 3.63) is 53.9 Å². The number of H-pyrrole nitrogens is 1. The highest BCUT2D eigenvalue weighted by Gasteiger charge is 2.24. The van der Waals surface area contributed by atoms with Crippen molar-refractivity contribution in [1.29, 1.82) is 0 Å². The standard InChI is InChI=1S/C19H21N3O3/c1-11(2)17(18-20-14-6-4-5-7-15(14)21-18)22-19(24)13-10-12(25-3)8-9-16(13)23/h4-11,17,23H,1-3H3,(H,20,21)(H,22,24). The quantitative estimate of drug-likeness (QED) is 0.665. The number of rotatable bonds is 5. The predicted octanol–water partition coefficient (Wildman–Crippen LogP) is 3.40. The smallest absolute Gasteiger partial charge is 0.255 e. The maximum Gasteiger partial charge on any atom is 0.255 e. The second-order valence-electron chi connectivity index (χ2n) is 6.22. The van der Waals surface area contributed by atoms with E-state index in [1.165, 1.54) is 19.2 Å². The van der Waals surface area contributed by atoms with Gasteiger partial charge >= 0.3 is 0 Å². The summed E-state index contributed by atoms with van der Waals surface area (Å²) in [6.45, 7) is 4.01. The van der Waals surface area contributed by atoms with E-state index in [2.05, 4.69) is 15.3 Å². The third kappa shape index (κ3) is 3.42. The molecule has 0 bridgehead atoms. The lowest BCUT2D eigenvalue weighted by Crippen LogP contribution is -2.32. The van der Waals surface area contributed by atoms with E-state index in [1.54, 1.807) is 6.07 Å². The number of carbonyl (C=O) groups is 1. The Morgan fingerprint density at radius 2 is 2.00 bits per heavy atom. The number of para-hydroxylation sites is 2. The van der Waals surface area contributed by atoms with Gasteiger partial charge in [0.1, 0.15) is 17.3 Å². The molecule has 0 saturated heterocycles. The van der Waals surface area contributed by atoms with Crippen molar-refractivity contribution in [2.24, 2.45) is 5.92 Å². The maximum atomic E-state index is 12.7. The number of methoxy groups -OCH3 is 1. The number of fused-ring (bicyclic) bond motifs is 1. The van der Waals surface area contributed by atoms with E-state index < -0.39 is 0 Å². The second-order valence-corrected chi connectivity index (χ2v) is 6.22. The molecular formula is C19H21N3O3. The van der Waals surface area contributed by atoms with Gasteiger partial charge in [0.15, 0.2) is 0 Å². The lowest BCUT2D eigenvalue weighted by Gasteiger charge is -2.20. The Hall–Kier alpha value is -3.02. The Balaban J connectivity index is 1.90. The molecule has 0 spiro atoms. The number of phenols is 1. The Bertz CT molecular complexity index is 869. The van der Waals surface area contributed by atoms with Crippen LogP contribution in [0.3, 0.4) is 0 Å². The van der Waals surface area contributed by atoms with Crippen LogP contribution in [0.25, 0.3) is 11.0 Å². The van der Waals surface area contributed by atoms with E-state index in [-0.39, 0.29) is 29.2 Å². The fraction of sp³-hybridized carbons (Fsp3) is 0.263. The number of nitrogens with zero attached hydrogens (tertiary/aromatic N) is 1. The van der Waals surface area contributed by atoms with Gasteiger partial charge in [0, 0.05) is 0 Å². The highest BCUT2D eigenvalue weighted by atomic mass is 16.5. The molecule has 2 aromatic carbocycles. The van der Waals surface area contributed by atoms with Crippen LogP contribution in [0.4, 0.5) is 0 Å². The molecule has 130 valence electrons. The number of imidazole rings is 1. The van der Waals surface area contributed by atoms with Crippen molar-refractivity contribution in [1.82, 2.24) is 15.3 Å². The van der Waals surface area contributed by atoms with Gasteiger partial charge in [-0.1, -0.05) is 26.0 Å². The first-order valence-corrected chi connectivity index (χ1v) is 8.12. The van der Waals surface area contributed by atoms with E-state index in [9.17, 15) is 9.90 Å². The molecule has 0 fully saturated rings. The maximum absolute atomic E-state index is 12.7. The zero-order valence-electron chi connectivity index (χ0n) is 14.4. The predicted molar refractivity (Wildman–Crippen MR) is 95.8 cm³/mol. The van der Waals surface area contributed by atoms with Crippen molar-refractivity contribution >= 4 is 16.9 Å². The molecule has 1 unspecified atom stereocenters. The number of aromatic amines is 1. The number of aromatic hydroxyl groups is 1. The Morgan fingerprint density at radius 3 is 2.68 bits per heavy atom. The van der Waals surface area contributed by atoms with Crippen molar-refractivity contribution in [2.45, 2.75) is 19.9 Å². The summed E-state index contributed by atoms with van der Waals surface area (Å²) in [5.74, 6) is 0.831. The van der Waals surface area contributed by atoms with E-state index in [4.69, 9.17) is 4.74 Å². The van der Waals surface area contributed by atoms with Crippen LogP contribution in [0.1, 0.15) is 36.1 Å². The van der Waals surface area contributed by atoms with Gasteiger partial charge in [0.05, 0.1) is 29.7 Å². The molecule has 1 atom stereocenters. The van der Waals surface area contributed by atoms with Crippen LogP contribution in [0.15, 0.2) is 42.5 Å². The van der Waals surface area contributed by atoms with Gasteiger partial charge in [-0.25, -0.2) is 4.98 Å². The molecule has 3 aromatic rings. The number of phenolic OH excluding ortho intramolecular Hbond substituents is 1. The monoisotopic (exact) mass is 339 g/mol. The molecule has 0 aliphatic carbocycles. The van der Waals surface area contributed by atoms with Gasteiger partial charge in [-0.2, -0.15) is 0 Å². The van der Waals surface area contributed by atoms with Gasteiger partial charge in [-0.3, -0.25) is 4.79 Å². The summed E-state index contributed by atoms with van der Waals surface area (Å²) in [4.78, 5) is 20.5. The van der Waals surface area contributed by atoms with E-state index >= 15 is 0 Å². The third-order valence-electron chi connectivity index (χ3n) is 4.10. The van der Waals surface area contributed by atoms with Gasteiger partial charge < -0.3 is 20.1 Å². The number of hydrogen-bond donors (Lipinski definition) is 3. The molecule has 0 radical (unpaired) electrons. The topological polar surface area (TPSA) is 87.2 Å². The molecular weight excluding hydrogens is 318 g/mol. The normalized spacial score (nSPS) is 12.3. The molecule has 0 aliphatic heterocycles. The number of nitrogens with one attached hydrogen (secondary N) is 2. The van der Waals surface area contributed by atoms with Crippen LogP contribution >= 0.6 is 0 Å². The number of amides is 1. The molecule has 3 N–H and O–H groups in total. The van der Waals surface area contributed by atoms with Gasteiger partial charge in [-0.05, 0) is 36.2 Å². The SMILES string of the molecule is COc1ccc(O)c(C(=O)NC(c2nc3ccccc3[nH]2)C(C)C)c1. The van der Waals surface area contributed by atoms with E-state index in [0.29, 0.717) is 11.6 Å². The van der Waals surface area contributed by atoms with Crippen LogP contribution in [-0.4, -0.2) is 28.1 Å². The Kier molecular flexibility index (Phi) is 4.61. The summed E-state index contributed by atoms with van der Waals surface area (Å²) in [6, 6.07) is 12.0. The highest BCUT2D eigenvalue weighted by Crippen LogP contribution is 2.26. The van der Waals surface area contributed by atoms with Crippen LogP contribution in [0, 0.1) is 5.92 Å². The minimum Gasteiger partial charge on any atom is -0.507 e. The molecule has 1 aromatic heterocycles. The number of aromatic nitrogens is 2. The second kappa shape index (κ2) is 6.84. The molecule has 1 amide bonds. The molecule has 0 aliphatic rings. The van der Waals surface area contributed by atoms with Crippen LogP contribution < -0.4 is 10.1 Å². The van der Waals surface area contributed by atoms with Crippen molar-refractivity contribution < 1.29 is 14.6 Å². The van der Waals surface area contributed by atoms with Crippen molar-refractivity contribution in [3.8, 4) is 11.5 Å². The van der Waals surface area contributed by atoms with Crippen molar-refractivity contribution in [2.75, 3.05) is 7.11 Å². The van der Waals surface area contributed by atoms with E-state index in [0.717, 1.165) is 11.0 Å². The molecule has 1 heterocycles. The molecule has 6 nitrogen and oxygen atoms in total. The fourth-order valence-corrected chi connectivity index (χ4v) is 2.71. The summed E-state index contributed by atoms with van der Waals surface area (Å²) in [5.41, 5.74) is 1.93. The zero-order valence-corrected chi connectivity index (χ0v) is 14.4. The number of carbonyl (C=O) groups excluding carboxylic acids is 1. The van der Waals surface area contributed by atoms with E-state index in [1.807, 2.05) is 38.1 Å². The zero-order chi connectivity index (χ0) is 18.0. The minimum atomic E-state index is -0.379. The molecule has 0 saturated carbocycles. The summed E-state index contributed by atoms with van der Waals surface area (Å²) in [7, 11) is 1.51. The fourth-order valence-electron chi connectivity index (χ4n) is 2.71. The lowest BCUT2D eigenvalue weighted by molar-refractivity contribution is 0.0920. The molecule has 3 rings (SSSR count). The van der Waals surface area contributed by atoms with Gasteiger partial charge in [0.25, 0.3) is 5.91 Å². The Morgan fingerprint density at radius 1 is 1.24 bits per heavy atom. The number of ether oxygens (including phenoxy) is 1. The third-order valence-corrected chi connectivity index (χ3v) is 4.10. The largest absolute Gasteiger partial charge is 0.507 e. The average molecular weight is 339 g/mol. The van der Waals surface area contributed by atoms with Crippen LogP contribution in [0.2, 0.25) is 0 Å². The first-order valence-electron chi connectivity index (χ1n) is 8.12. The minimum absolute atomic E-state index is 0.0922. The summed E-state index contributed by atoms with van der Waals surface area (Å²) in [6.07, 6.45) is 0. The molecule has 25 heavy (non-hydrogen) atoms. The van der Waals surface area contributed by atoms with Crippen LogP contribution in [-0.2, 0) is 0 Å². The summed E-state index contributed by atoms with van der Waals surface area (Å²) >= 11 is 0.